The number of nitrogen functional groups attached to an aromatic ring is 1. The van der Waals surface area contributed by atoms with Crippen molar-refractivity contribution in [2.45, 2.75) is 18.9 Å². The van der Waals surface area contributed by atoms with Gasteiger partial charge in [-0.1, -0.05) is 67.3 Å². The Morgan fingerprint density at radius 3 is 2.61 bits per heavy atom. The number of hydrogen-bond donors (Lipinski definition) is 1. The van der Waals surface area contributed by atoms with E-state index in [1.807, 2.05) is 30.3 Å². The Bertz CT molecular complexity index is 1420. The average molecular weight is 485 g/mol. The molecule has 1 atom stereocenters. The smallest absolute Gasteiger partial charge is 0.337 e. The first-order valence-corrected chi connectivity index (χ1v) is 11.3. The van der Waals surface area contributed by atoms with Crippen molar-refractivity contribution in [2.75, 3.05) is 18.9 Å². The zero-order valence-corrected chi connectivity index (χ0v) is 19.5. The number of anilines is 1. The molecule has 3 aromatic rings. The normalized spacial score (nSPS) is 17.8. The number of rotatable bonds is 7. The molecule has 9 nitrogen and oxygen atoms in total. The summed E-state index contributed by atoms with van der Waals surface area (Å²) in [5.74, 6) is -1.60. The quantitative estimate of drug-likeness (QED) is 0.400. The van der Waals surface area contributed by atoms with E-state index in [1.54, 1.807) is 31.2 Å². The number of aromatic nitrogens is 1. The second kappa shape index (κ2) is 8.84. The van der Waals surface area contributed by atoms with Gasteiger partial charge in [-0.15, -0.1) is 0 Å². The maximum Gasteiger partial charge on any atom is 0.337 e. The van der Waals surface area contributed by atoms with Gasteiger partial charge in [0.2, 0.25) is 5.91 Å². The fourth-order valence-electron chi connectivity index (χ4n) is 4.86. The molecule has 9 heteroatoms. The van der Waals surface area contributed by atoms with Gasteiger partial charge in [-0.25, -0.2) is 4.79 Å². The highest BCUT2D eigenvalue weighted by Crippen LogP contribution is 2.57. The number of nitrogens with two attached hydrogens (primary N) is 1. The topological polar surface area (TPSA) is 125 Å². The van der Waals surface area contributed by atoms with Gasteiger partial charge >= 0.3 is 11.9 Å². The van der Waals surface area contributed by atoms with Crippen LogP contribution >= 0.6 is 0 Å². The summed E-state index contributed by atoms with van der Waals surface area (Å²) in [5.41, 5.74) is 6.59. The van der Waals surface area contributed by atoms with Crippen molar-refractivity contribution in [3.8, 4) is 11.3 Å². The highest BCUT2D eigenvalue weighted by Gasteiger charge is 2.63. The fourth-order valence-corrected chi connectivity index (χ4v) is 4.86. The average Bonchev–Trinajstić information content (AvgIpc) is 3.46. The highest BCUT2D eigenvalue weighted by atomic mass is 16.5. The van der Waals surface area contributed by atoms with Gasteiger partial charge in [-0.2, -0.15) is 4.98 Å². The Morgan fingerprint density at radius 2 is 1.86 bits per heavy atom. The van der Waals surface area contributed by atoms with E-state index >= 15 is 0 Å². The number of fused-ring (bicyclic) bond motifs is 5. The summed E-state index contributed by atoms with van der Waals surface area (Å²) in [6.45, 7) is 4.76. The van der Waals surface area contributed by atoms with Gasteiger partial charge in [0.15, 0.2) is 11.2 Å². The lowest BCUT2D eigenvalue weighted by atomic mass is 9.74. The third kappa shape index (κ3) is 3.39. The first-order chi connectivity index (χ1) is 17.4. The molecule has 1 aromatic heterocycles. The second-order valence-corrected chi connectivity index (χ2v) is 8.41. The minimum atomic E-state index is -1.67. The number of ether oxygens (including phenoxy) is 2. The molecule has 0 radical (unpaired) electrons. The fraction of sp³-hybridized carbons (Fsp3) is 0.185. The van der Waals surface area contributed by atoms with Crippen LogP contribution in [0.1, 0.15) is 23.7 Å². The molecule has 5 rings (SSSR count). The first-order valence-electron chi connectivity index (χ1n) is 11.3. The summed E-state index contributed by atoms with van der Waals surface area (Å²) in [6.07, 6.45) is 1.43. The summed E-state index contributed by atoms with van der Waals surface area (Å²) in [6, 6.07) is 16.1. The molecule has 0 saturated heterocycles. The van der Waals surface area contributed by atoms with Crippen LogP contribution in [0.25, 0.3) is 11.3 Å². The number of carbonyl (C=O) groups excluding carboxylic acids is 3. The predicted molar refractivity (Wildman–Crippen MR) is 129 cm³/mol. The minimum absolute atomic E-state index is 0.0460. The molecule has 2 aromatic carbocycles. The Balaban J connectivity index is 1.57. The second-order valence-electron chi connectivity index (χ2n) is 8.41. The molecule has 1 aliphatic carbocycles. The third-order valence-electron chi connectivity index (χ3n) is 6.35. The van der Waals surface area contributed by atoms with E-state index < -0.39 is 29.8 Å². The Kier molecular flexibility index (Phi) is 5.68. The first kappa shape index (κ1) is 23.1. The third-order valence-corrected chi connectivity index (χ3v) is 6.35. The molecule has 1 aliphatic heterocycles. The number of hydrogen-bond acceptors (Lipinski definition) is 8. The van der Waals surface area contributed by atoms with Crippen LogP contribution in [0.15, 0.2) is 82.9 Å². The maximum atomic E-state index is 14.2. The van der Waals surface area contributed by atoms with E-state index in [-0.39, 0.29) is 36.2 Å². The number of esters is 2. The molecule has 2 N–H and O–H groups in total. The molecule has 0 bridgehead atoms. The zero-order valence-electron chi connectivity index (χ0n) is 19.5. The number of benzene rings is 2. The SMILES string of the molecule is C=CCOC(=O)C1=C(C)N(CC(=O)OCc2ccccc2)C(=O)[C@@]12c1ccccc1-c1oc(N)nc12. The van der Waals surface area contributed by atoms with E-state index in [0.29, 0.717) is 16.9 Å². The largest absolute Gasteiger partial charge is 0.459 e. The number of oxazole rings is 1. The standard InChI is InChI=1S/C27H23N3O6/c1-3-13-34-24(32)21-16(2)30(14-20(31)35-15-17-9-5-4-6-10-17)25(33)27(21)19-12-8-7-11-18(19)22-23(27)29-26(28)36-22/h3-12H,1,13-15H2,2H3,(H2,28,29)/t27-/m0/s1. The Labute approximate surface area is 206 Å². The van der Waals surface area contributed by atoms with E-state index in [0.717, 1.165) is 5.56 Å². The molecular formula is C27H23N3O6. The number of nitrogens with zero attached hydrogens (tertiary/aromatic N) is 2. The lowest BCUT2D eigenvalue weighted by Crippen LogP contribution is -2.43. The lowest BCUT2D eigenvalue weighted by molar-refractivity contribution is -0.149. The van der Waals surface area contributed by atoms with Crippen LogP contribution in [0.2, 0.25) is 0 Å². The number of amides is 1. The Morgan fingerprint density at radius 1 is 1.14 bits per heavy atom. The van der Waals surface area contributed by atoms with Crippen LogP contribution in [0.5, 0.6) is 0 Å². The Hall–Kier alpha value is -4.66. The van der Waals surface area contributed by atoms with Gasteiger partial charge in [0, 0.05) is 11.3 Å². The van der Waals surface area contributed by atoms with Crippen LogP contribution in [-0.2, 0) is 35.9 Å². The van der Waals surface area contributed by atoms with Crippen LogP contribution in [-0.4, -0.2) is 40.9 Å². The molecular weight excluding hydrogens is 462 g/mol. The van der Waals surface area contributed by atoms with Crippen LogP contribution < -0.4 is 5.73 Å². The summed E-state index contributed by atoms with van der Waals surface area (Å²) >= 11 is 0. The van der Waals surface area contributed by atoms with Crippen LogP contribution in [0.3, 0.4) is 0 Å². The predicted octanol–water partition coefficient (Wildman–Crippen LogP) is 3.11. The van der Waals surface area contributed by atoms with Crippen molar-refractivity contribution in [1.29, 1.82) is 0 Å². The van der Waals surface area contributed by atoms with E-state index in [2.05, 4.69) is 11.6 Å². The zero-order chi connectivity index (χ0) is 25.4. The summed E-state index contributed by atoms with van der Waals surface area (Å²) < 4.78 is 16.4. The summed E-state index contributed by atoms with van der Waals surface area (Å²) in [7, 11) is 0. The van der Waals surface area contributed by atoms with Gasteiger partial charge in [-0.05, 0) is 18.1 Å². The molecule has 1 spiro atoms. The molecule has 2 heterocycles. The van der Waals surface area contributed by atoms with Crippen LogP contribution in [0, 0.1) is 0 Å². The van der Waals surface area contributed by atoms with Gasteiger partial charge in [0.25, 0.3) is 6.01 Å². The molecule has 0 saturated carbocycles. The molecule has 36 heavy (non-hydrogen) atoms. The van der Waals surface area contributed by atoms with Crippen molar-refractivity contribution in [1.82, 2.24) is 9.88 Å². The summed E-state index contributed by atoms with van der Waals surface area (Å²) in [4.78, 5) is 45.9. The van der Waals surface area contributed by atoms with Gasteiger partial charge in [-0.3, -0.25) is 9.59 Å². The maximum absolute atomic E-state index is 14.2. The van der Waals surface area contributed by atoms with E-state index in [4.69, 9.17) is 19.6 Å². The molecule has 182 valence electrons. The highest BCUT2D eigenvalue weighted by molar-refractivity contribution is 6.14. The van der Waals surface area contributed by atoms with Crippen molar-refractivity contribution < 1.29 is 28.3 Å². The van der Waals surface area contributed by atoms with Crippen molar-refractivity contribution in [3.05, 3.63) is 95.3 Å². The number of allylic oxidation sites excluding steroid dienone is 1. The van der Waals surface area contributed by atoms with E-state index in [1.165, 1.54) is 11.0 Å². The van der Waals surface area contributed by atoms with Gasteiger partial charge in [0.1, 0.15) is 25.5 Å². The van der Waals surface area contributed by atoms with Crippen molar-refractivity contribution in [3.63, 3.8) is 0 Å². The number of carbonyl (C=O) groups is 3. The van der Waals surface area contributed by atoms with E-state index in [9.17, 15) is 14.4 Å². The van der Waals surface area contributed by atoms with Gasteiger partial charge < -0.3 is 24.5 Å². The van der Waals surface area contributed by atoms with Gasteiger partial charge in [0.05, 0.1) is 5.57 Å². The molecule has 2 aliphatic rings. The molecule has 1 amide bonds. The monoisotopic (exact) mass is 485 g/mol. The summed E-state index contributed by atoms with van der Waals surface area (Å²) in [5, 5.41) is 0. The minimum Gasteiger partial charge on any atom is -0.459 e. The van der Waals surface area contributed by atoms with Crippen molar-refractivity contribution >= 4 is 23.9 Å². The van der Waals surface area contributed by atoms with Crippen molar-refractivity contribution in [2.24, 2.45) is 0 Å². The molecule has 0 fully saturated rings. The lowest BCUT2D eigenvalue weighted by Gasteiger charge is -2.26. The van der Waals surface area contributed by atoms with Crippen LogP contribution in [0.4, 0.5) is 6.01 Å². The molecule has 0 unspecified atom stereocenters.